The first-order valence-electron chi connectivity index (χ1n) is 8.06. The molecule has 1 rings (SSSR count). The number of nitrogens with one attached hydrogen (secondary N) is 2. The minimum atomic E-state index is -1.06. The quantitative estimate of drug-likeness (QED) is 0.776. The van der Waals surface area contributed by atoms with Crippen LogP contribution in [0.25, 0.3) is 0 Å². The summed E-state index contributed by atoms with van der Waals surface area (Å²) in [6.07, 6.45) is 2.51. The van der Waals surface area contributed by atoms with Crippen LogP contribution in [0.2, 0.25) is 0 Å². The minimum Gasteiger partial charge on any atom is -0.598 e. The fourth-order valence-electron chi connectivity index (χ4n) is 2.52. The van der Waals surface area contributed by atoms with E-state index < -0.39 is 17.0 Å². The molecule has 1 amide bonds. The van der Waals surface area contributed by atoms with E-state index in [-0.39, 0.29) is 22.9 Å². The van der Waals surface area contributed by atoms with Crippen LogP contribution in [0, 0.1) is 5.92 Å². The number of rotatable bonds is 4. The first kappa shape index (κ1) is 19.6. The molecule has 1 fully saturated rings. The second kappa shape index (κ2) is 7.41. The van der Waals surface area contributed by atoms with Crippen LogP contribution in [0.5, 0.6) is 0 Å². The third kappa shape index (κ3) is 6.75. The molecule has 2 N–H and O–H groups in total. The molecule has 6 heteroatoms. The van der Waals surface area contributed by atoms with E-state index in [0.717, 1.165) is 19.3 Å². The fraction of sp³-hybridized carbons (Fsp3) is 0.938. The highest BCUT2D eigenvalue weighted by Crippen LogP contribution is 2.29. The first-order chi connectivity index (χ1) is 9.88. The average molecular weight is 333 g/mol. The highest BCUT2D eigenvalue weighted by Gasteiger charge is 2.35. The van der Waals surface area contributed by atoms with Gasteiger partial charge in [-0.25, -0.2) is 4.79 Å². The maximum Gasteiger partial charge on any atom is 0.407 e. The summed E-state index contributed by atoms with van der Waals surface area (Å²) in [7, 11) is 0. The number of ether oxygens (including phenoxy) is 1. The molecule has 0 radical (unpaired) electrons. The van der Waals surface area contributed by atoms with Crippen molar-refractivity contribution in [2.45, 2.75) is 90.2 Å². The molecule has 0 spiro atoms. The van der Waals surface area contributed by atoms with E-state index in [9.17, 15) is 9.35 Å². The zero-order chi connectivity index (χ0) is 17.1. The van der Waals surface area contributed by atoms with Gasteiger partial charge in [0.05, 0.1) is 6.04 Å². The lowest BCUT2D eigenvalue weighted by atomic mass is 10.0. The molecule has 1 saturated carbocycles. The summed E-state index contributed by atoms with van der Waals surface area (Å²) in [5.74, 6) is 0.422. The van der Waals surface area contributed by atoms with E-state index >= 15 is 0 Å². The smallest absolute Gasteiger partial charge is 0.407 e. The van der Waals surface area contributed by atoms with Gasteiger partial charge >= 0.3 is 6.09 Å². The van der Waals surface area contributed by atoms with Crippen LogP contribution >= 0.6 is 0 Å². The molecule has 0 aromatic heterocycles. The van der Waals surface area contributed by atoms with Gasteiger partial charge in [-0.05, 0) is 73.6 Å². The second-order valence-electron chi connectivity index (χ2n) is 8.20. The summed E-state index contributed by atoms with van der Waals surface area (Å²) in [4.78, 5) is 11.8. The summed E-state index contributed by atoms with van der Waals surface area (Å²) in [5, 5.41) is 2.94. The van der Waals surface area contributed by atoms with Crippen molar-refractivity contribution < 1.29 is 14.1 Å². The Morgan fingerprint density at radius 1 is 1.23 bits per heavy atom. The lowest BCUT2D eigenvalue weighted by molar-refractivity contribution is 0.0504. The van der Waals surface area contributed by atoms with Gasteiger partial charge in [0, 0.05) is 17.4 Å². The molecule has 0 aromatic carbocycles. The Balaban J connectivity index is 2.41. The predicted octanol–water partition coefficient (Wildman–Crippen LogP) is 3.12. The molecule has 5 nitrogen and oxygen atoms in total. The average Bonchev–Trinajstić information content (AvgIpc) is 2.73. The molecular weight excluding hydrogens is 300 g/mol. The van der Waals surface area contributed by atoms with Crippen LogP contribution in [-0.4, -0.2) is 33.1 Å². The van der Waals surface area contributed by atoms with Crippen LogP contribution in [0.3, 0.4) is 0 Å². The highest BCUT2D eigenvalue weighted by atomic mass is 32.2. The summed E-state index contributed by atoms with van der Waals surface area (Å²) in [6.45, 7) is 13.5. The van der Waals surface area contributed by atoms with Gasteiger partial charge in [-0.1, -0.05) is 0 Å². The van der Waals surface area contributed by atoms with Gasteiger partial charge < -0.3 is 14.6 Å². The fourth-order valence-corrected chi connectivity index (χ4v) is 3.40. The maximum absolute atomic E-state index is 12.2. The maximum atomic E-state index is 12.2. The van der Waals surface area contributed by atoms with Crippen LogP contribution in [0.4, 0.5) is 4.79 Å². The second-order valence-corrected chi connectivity index (χ2v) is 10.2. The molecule has 0 heterocycles. The molecule has 4 atom stereocenters. The van der Waals surface area contributed by atoms with E-state index in [1.807, 2.05) is 41.5 Å². The Morgan fingerprint density at radius 2 is 1.82 bits per heavy atom. The van der Waals surface area contributed by atoms with Crippen molar-refractivity contribution in [1.82, 2.24) is 10.0 Å². The molecule has 0 aliphatic heterocycles. The van der Waals surface area contributed by atoms with Crippen LogP contribution in [-0.2, 0) is 16.1 Å². The summed E-state index contributed by atoms with van der Waals surface area (Å²) < 4.78 is 20.4. The Bertz CT molecular complexity index is 377. The Morgan fingerprint density at radius 3 is 2.32 bits per heavy atom. The van der Waals surface area contributed by atoms with E-state index in [1.54, 1.807) is 0 Å². The topological polar surface area (TPSA) is 73.4 Å². The van der Waals surface area contributed by atoms with Crippen molar-refractivity contribution in [3.63, 3.8) is 0 Å². The molecule has 0 unspecified atom stereocenters. The van der Waals surface area contributed by atoms with Gasteiger partial charge in [0.1, 0.15) is 10.3 Å². The Labute approximate surface area is 138 Å². The third-order valence-electron chi connectivity index (χ3n) is 3.75. The molecule has 0 saturated heterocycles. The molecule has 0 bridgehead atoms. The number of hydrogen-bond acceptors (Lipinski definition) is 4. The molecule has 22 heavy (non-hydrogen) atoms. The van der Waals surface area contributed by atoms with Crippen molar-refractivity contribution in [2.75, 3.05) is 0 Å². The highest BCUT2D eigenvalue weighted by molar-refractivity contribution is 7.90. The van der Waals surface area contributed by atoms with E-state index in [0.29, 0.717) is 5.92 Å². The zero-order valence-electron chi connectivity index (χ0n) is 15.0. The Hall–Kier alpha value is -0.460. The molecular formula is C16H32N2O3S. The van der Waals surface area contributed by atoms with Gasteiger partial charge in [-0.3, -0.25) is 0 Å². The number of alkyl carbamates (subject to hydrolysis) is 1. The van der Waals surface area contributed by atoms with Gasteiger partial charge in [0.25, 0.3) is 0 Å². The standard InChI is InChI=1S/C16H32N2O3S/c1-11(18-22(20)16(5,6)7)12-8-9-13(10-12)17-14(19)21-15(2,3)4/h11-13,18H,8-10H2,1-7H3,(H,17,19)/t11-,12+,13-,22-/m0/s1. The molecule has 1 aliphatic carbocycles. The zero-order valence-corrected chi connectivity index (χ0v) is 15.8. The summed E-state index contributed by atoms with van der Waals surface area (Å²) in [6, 6.07) is 0.317. The van der Waals surface area contributed by atoms with Crippen molar-refractivity contribution >= 4 is 17.5 Å². The lowest BCUT2D eigenvalue weighted by Gasteiger charge is -2.29. The molecule has 1 aliphatic rings. The minimum absolute atomic E-state index is 0.146. The van der Waals surface area contributed by atoms with Gasteiger partial charge in [-0.15, -0.1) is 4.72 Å². The first-order valence-corrected chi connectivity index (χ1v) is 9.21. The number of carbonyl (C=O) groups excluding carboxylic acids is 1. The number of hydrogen-bond donors (Lipinski definition) is 2. The van der Waals surface area contributed by atoms with Crippen LogP contribution in [0.1, 0.15) is 67.7 Å². The molecule has 130 valence electrons. The summed E-state index contributed by atoms with van der Waals surface area (Å²) in [5.41, 5.74) is -0.472. The van der Waals surface area contributed by atoms with Crippen LogP contribution < -0.4 is 10.0 Å². The number of amides is 1. The van der Waals surface area contributed by atoms with Crippen molar-refractivity contribution in [3.8, 4) is 0 Å². The van der Waals surface area contributed by atoms with Crippen molar-refractivity contribution in [1.29, 1.82) is 0 Å². The lowest BCUT2D eigenvalue weighted by Crippen LogP contribution is -2.46. The van der Waals surface area contributed by atoms with E-state index in [1.165, 1.54) is 0 Å². The number of carbonyl (C=O) groups is 1. The van der Waals surface area contributed by atoms with Crippen molar-refractivity contribution in [3.05, 3.63) is 0 Å². The normalized spacial score (nSPS) is 25.6. The van der Waals surface area contributed by atoms with Crippen molar-refractivity contribution in [2.24, 2.45) is 5.92 Å². The SMILES string of the molecule is C[C@H](N[S@@+]([O-])C(C)(C)C)[C@@H]1CC[C@H](NC(=O)OC(C)(C)C)C1. The predicted molar refractivity (Wildman–Crippen MR) is 91.0 cm³/mol. The van der Waals surface area contributed by atoms with E-state index in [4.69, 9.17) is 4.74 Å². The molecule has 0 aromatic rings. The largest absolute Gasteiger partial charge is 0.598 e. The monoisotopic (exact) mass is 332 g/mol. The van der Waals surface area contributed by atoms with Gasteiger partial charge in [0.2, 0.25) is 0 Å². The van der Waals surface area contributed by atoms with Crippen LogP contribution in [0.15, 0.2) is 0 Å². The third-order valence-corrected chi connectivity index (χ3v) is 5.45. The van der Waals surface area contributed by atoms with E-state index in [2.05, 4.69) is 17.0 Å². The van der Waals surface area contributed by atoms with Gasteiger partial charge in [-0.2, -0.15) is 0 Å². The summed E-state index contributed by atoms with van der Waals surface area (Å²) >= 11 is -1.06. The Kier molecular flexibility index (Phi) is 6.59. The van der Waals surface area contributed by atoms with Gasteiger partial charge in [0.15, 0.2) is 0 Å².